The number of benzene rings is 1. The van der Waals surface area contributed by atoms with Crippen LogP contribution in [-0.4, -0.2) is 19.2 Å². The maximum atomic E-state index is 11.1. The van der Waals surface area contributed by atoms with E-state index in [-0.39, 0.29) is 19.2 Å². The fraction of sp³-hybridized carbons (Fsp3) is 0.200. The van der Waals surface area contributed by atoms with Crippen molar-refractivity contribution in [2.45, 2.75) is 0 Å². The summed E-state index contributed by atoms with van der Waals surface area (Å²) in [6.45, 7) is 6.57. The minimum Gasteiger partial charge on any atom is -0.454 e. The van der Waals surface area contributed by atoms with Crippen LogP contribution in [0.1, 0.15) is 0 Å². The van der Waals surface area contributed by atoms with Gasteiger partial charge in [0.25, 0.3) is 6.54 Å². The summed E-state index contributed by atoms with van der Waals surface area (Å²) >= 11 is 0. The number of carbonyl (C=O) groups is 1. The van der Waals surface area contributed by atoms with Crippen molar-refractivity contribution in [1.82, 2.24) is 0 Å². The van der Waals surface area contributed by atoms with E-state index in [1.165, 1.54) is 0 Å². The van der Waals surface area contributed by atoms with Crippen molar-refractivity contribution in [3.8, 4) is 11.5 Å². The minimum absolute atomic E-state index is 0.172. The van der Waals surface area contributed by atoms with E-state index in [1.54, 1.807) is 18.2 Å². The van der Waals surface area contributed by atoms with Crippen molar-refractivity contribution in [3.05, 3.63) is 29.6 Å². The highest BCUT2D eigenvalue weighted by Crippen LogP contribution is 2.34. The first-order chi connectivity index (χ1) is 7.29. The Morgan fingerprint density at radius 1 is 1.47 bits per heavy atom. The molecule has 0 spiro atoms. The normalized spacial score (nSPS) is 11.9. The van der Waals surface area contributed by atoms with Gasteiger partial charge in [-0.3, -0.25) is 4.79 Å². The molecule has 1 heterocycles. The molecule has 5 nitrogen and oxygen atoms in total. The molecule has 1 amide bonds. The van der Waals surface area contributed by atoms with Crippen LogP contribution in [0.3, 0.4) is 0 Å². The molecule has 0 aliphatic carbocycles. The second-order valence-corrected chi connectivity index (χ2v) is 2.93. The van der Waals surface area contributed by atoms with Crippen molar-refractivity contribution in [2.24, 2.45) is 0 Å². The van der Waals surface area contributed by atoms with E-state index in [0.717, 1.165) is 0 Å². The minimum atomic E-state index is -0.330. The average Bonchev–Trinajstić information content (AvgIpc) is 2.65. The lowest BCUT2D eigenvalue weighted by atomic mass is 10.3. The van der Waals surface area contributed by atoms with Gasteiger partial charge >= 0.3 is 5.91 Å². The van der Waals surface area contributed by atoms with E-state index in [2.05, 4.69) is 10.2 Å². The van der Waals surface area contributed by atoms with Crippen LogP contribution in [0.25, 0.3) is 4.85 Å². The Hall–Kier alpha value is -2.22. The molecule has 1 aromatic rings. The zero-order valence-electron chi connectivity index (χ0n) is 7.82. The molecule has 0 atom stereocenters. The van der Waals surface area contributed by atoms with E-state index in [0.29, 0.717) is 17.2 Å². The number of carbonyl (C=O) groups excluding carboxylic acids is 1. The molecule has 1 aliphatic heterocycles. The molecule has 0 fully saturated rings. The summed E-state index contributed by atoms with van der Waals surface area (Å²) in [7, 11) is 0. The lowest BCUT2D eigenvalue weighted by Gasteiger charge is -2.02. The van der Waals surface area contributed by atoms with Gasteiger partial charge in [-0.1, -0.05) is 0 Å². The van der Waals surface area contributed by atoms with Gasteiger partial charge in [0.1, 0.15) is 0 Å². The number of amides is 1. The molecule has 5 heteroatoms. The number of rotatable bonds is 2. The third kappa shape index (κ3) is 1.99. The van der Waals surface area contributed by atoms with E-state index >= 15 is 0 Å². The zero-order chi connectivity index (χ0) is 10.7. The number of fused-ring (bicyclic) bond motifs is 1. The van der Waals surface area contributed by atoms with Crippen molar-refractivity contribution in [3.63, 3.8) is 0 Å². The van der Waals surface area contributed by atoms with Crippen molar-refractivity contribution in [2.75, 3.05) is 18.7 Å². The summed E-state index contributed by atoms with van der Waals surface area (Å²) in [6.07, 6.45) is 0. The summed E-state index contributed by atoms with van der Waals surface area (Å²) < 4.78 is 10.3. The lowest BCUT2D eigenvalue weighted by Crippen LogP contribution is -2.13. The Balaban J connectivity index is 2.11. The van der Waals surface area contributed by atoms with Gasteiger partial charge in [0.05, 0.1) is 0 Å². The third-order valence-electron chi connectivity index (χ3n) is 1.88. The fourth-order valence-corrected chi connectivity index (χ4v) is 1.25. The monoisotopic (exact) mass is 204 g/mol. The summed E-state index contributed by atoms with van der Waals surface area (Å²) in [5.74, 6) is 0.942. The number of anilines is 1. The number of nitrogens with one attached hydrogen (secondary N) is 1. The van der Waals surface area contributed by atoms with Gasteiger partial charge in [0.2, 0.25) is 6.79 Å². The van der Waals surface area contributed by atoms with Gasteiger partial charge < -0.3 is 19.6 Å². The van der Waals surface area contributed by atoms with Gasteiger partial charge in [-0.05, 0) is 12.1 Å². The molecule has 15 heavy (non-hydrogen) atoms. The molecular weight excluding hydrogens is 196 g/mol. The van der Waals surface area contributed by atoms with Gasteiger partial charge in [-0.15, -0.1) is 0 Å². The molecule has 76 valence electrons. The Labute approximate surface area is 86.4 Å². The van der Waals surface area contributed by atoms with Crippen molar-refractivity contribution < 1.29 is 14.3 Å². The molecule has 1 aromatic carbocycles. The predicted molar refractivity (Wildman–Crippen MR) is 52.7 cm³/mol. The highest BCUT2D eigenvalue weighted by molar-refractivity contribution is 5.93. The van der Waals surface area contributed by atoms with Crippen molar-refractivity contribution in [1.29, 1.82) is 0 Å². The van der Waals surface area contributed by atoms with Crippen LogP contribution in [0.15, 0.2) is 18.2 Å². The topological polar surface area (TPSA) is 51.9 Å². The molecule has 0 saturated heterocycles. The fourth-order valence-electron chi connectivity index (χ4n) is 1.25. The largest absolute Gasteiger partial charge is 0.454 e. The predicted octanol–water partition coefficient (Wildman–Crippen LogP) is 1.27. The molecule has 1 N–H and O–H groups in total. The second kappa shape index (κ2) is 3.88. The maximum absolute atomic E-state index is 11.1. The zero-order valence-corrected chi connectivity index (χ0v) is 7.82. The Bertz CT molecular complexity index is 437. The third-order valence-corrected chi connectivity index (χ3v) is 1.88. The molecule has 0 unspecified atom stereocenters. The SMILES string of the molecule is [C-]#[N+]CC(=O)Nc1ccc2c(c1)OCO2. The number of hydrogen-bond donors (Lipinski definition) is 1. The van der Waals surface area contributed by atoms with E-state index in [9.17, 15) is 4.79 Å². The first kappa shape index (κ1) is 9.34. The van der Waals surface area contributed by atoms with Crippen LogP contribution < -0.4 is 14.8 Å². The van der Waals surface area contributed by atoms with Gasteiger partial charge in [0, 0.05) is 11.8 Å². The van der Waals surface area contributed by atoms with Gasteiger partial charge in [-0.25, -0.2) is 6.57 Å². The Morgan fingerprint density at radius 3 is 3.07 bits per heavy atom. The summed E-state index contributed by atoms with van der Waals surface area (Å²) in [5.41, 5.74) is 0.605. The Morgan fingerprint density at radius 2 is 2.27 bits per heavy atom. The highest BCUT2D eigenvalue weighted by atomic mass is 16.7. The molecule has 0 saturated carbocycles. The molecule has 2 rings (SSSR count). The maximum Gasteiger partial charge on any atom is 0.304 e. The Kier molecular flexibility index (Phi) is 2.42. The van der Waals surface area contributed by atoms with Crippen molar-refractivity contribution >= 4 is 11.6 Å². The lowest BCUT2D eigenvalue weighted by molar-refractivity contribution is -0.114. The number of nitrogens with zero attached hydrogens (tertiary/aromatic N) is 1. The molecule has 0 aromatic heterocycles. The van der Waals surface area contributed by atoms with Crippen LogP contribution in [-0.2, 0) is 4.79 Å². The van der Waals surface area contributed by atoms with E-state index in [4.69, 9.17) is 16.0 Å². The van der Waals surface area contributed by atoms with Crippen LogP contribution >= 0.6 is 0 Å². The molecular formula is C10H8N2O3. The summed E-state index contributed by atoms with van der Waals surface area (Å²) in [5, 5.41) is 2.58. The van der Waals surface area contributed by atoms with Crippen LogP contribution in [0.5, 0.6) is 11.5 Å². The number of hydrogen-bond acceptors (Lipinski definition) is 3. The molecule has 0 radical (unpaired) electrons. The van der Waals surface area contributed by atoms with E-state index < -0.39 is 0 Å². The van der Waals surface area contributed by atoms with Crippen LogP contribution in [0.2, 0.25) is 0 Å². The molecule has 0 bridgehead atoms. The van der Waals surface area contributed by atoms with Crippen LogP contribution in [0.4, 0.5) is 5.69 Å². The van der Waals surface area contributed by atoms with Gasteiger partial charge in [-0.2, -0.15) is 0 Å². The average molecular weight is 204 g/mol. The second-order valence-electron chi connectivity index (χ2n) is 2.93. The summed E-state index contributed by atoms with van der Waals surface area (Å²) in [6, 6.07) is 5.09. The molecule has 1 aliphatic rings. The first-order valence-corrected chi connectivity index (χ1v) is 4.32. The first-order valence-electron chi connectivity index (χ1n) is 4.32. The standard InChI is InChI=1S/C10H8N2O3/c1-11-5-10(13)12-7-2-3-8-9(4-7)15-6-14-8/h2-4H,5-6H2,(H,12,13). The summed E-state index contributed by atoms with van der Waals surface area (Å²) in [4.78, 5) is 14.1. The quantitative estimate of drug-likeness (QED) is 0.738. The van der Waals surface area contributed by atoms with Gasteiger partial charge in [0.15, 0.2) is 11.5 Å². The van der Waals surface area contributed by atoms with Crippen LogP contribution in [0, 0.1) is 6.57 Å². The van der Waals surface area contributed by atoms with E-state index in [1.807, 2.05) is 0 Å². The number of ether oxygens (including phenoxy) is 2. The smallest absolute Gasteiger partial charge is 0.304 e. The highest BCUT2D eigenvalue weighted by Gasteiger charge is 2.14.